The molecule has 2 rings (SSSR count). The van der Waals surface area contributed by atoms with Crippen molar-refractivity contribution < 1.29 is 14.6 Å². The Morgan fingerprint density at radius 1 is 1.38 bits per heavy atom. The second-order valence-electron chi connectivity index (χ2n) is 3.86. The molecule has 1 atom stereocenters. The van der Waals surface area contributed by atoms with E-state index >= 15 is 0 Å². The van der Waals surface area contributed by atoms with E-state index in [4.69, 9.17) is 9.47 Å². The van der Waals surface area contributed by atoms with E-state index < -0.39 is 6.10 Å². The van der Waals surface area contributed by atoms with Gasteiger partial charge >= 0.3 is 0 Å². The van der Waals surface area contributed by atoms with Crippen LogP contribution in [-0.2, 0) is 0 Å². The number of aryl methyl sites for hydroxylation is 1. The van der Waals surface area contributed by atoms with Gasteiger partial charge in [0.2, 0.25) is 6.79 Å². The predicted molar refractivity (Wildman–Crippen MR) is 65.3 cm³/mol. The second kappa shape index (κ2) is 4.97. The summed E-state index contributed by atoms with van der Waals surface area (Å²) in [7, 11) is 0. The van der Waals surface area contributed by atoms with Gasteiger partial charge in [-0.05, 0) is 48.6 Å². The molecule has 1 N–H and O–H groups in total. The van der Waals surface area contributed by atoms with Crippen molar-refractivity contribution in [2.24, 2.45) is 0 Å². The molecular weight excluding hydrogens is 224 g/mol. The maximum absolute atomic E-state index is 10.1. The van der Waals surface area contributed by atoms with Crippen LogP contribution in [0.15, 0.2) is 12.1 Å². The van der Waals surface area contributed by atoms with Gasteiger partial charge in [0.25, 0.3) is 0 Å². The maximum Gasteiger partial charge on any atom is 0.231 e. The second-order valence-corrected chi connectivity index (χ2v) is 4.84. The molecule has 0 amide bonds. The van der Waals surface area contributed by atoms with E-state index in [2.05, 4.69) is 0 Å². The molecule has 1 unspecified atom stereocenters. The molecule has 16 heavy (non-hydrogen) atoms. The Hall–Kier alpha value is -0.870. The maximum atomic E-state index is 10.1. The Morgan fingerprint density at radius 3 is 2.75 bits per heavy atom. The van der Waals surface area contributed by atoms with Crippen LogP contribution in [-0.4, -0.2) is 23.9 Å². The van der Waals surface area contributed by atoms with Gasteiger partial charge in [-0.2, -0.15) is 11.8 Å². The van der Waals surface area contributed by atoms with Gasteiger partial charge in [-0.25, -0.2) is 0 Å². The molecule has 4 heteroatoms. The molecule has 1 heterocycles. The number of hydrogen-bond donors (Lipinski definition) is 1. The van der Waals surface area contributed by atoms with Gasteiger partial charge in [0.1, 0.15) is 0 Å². The minimum atomic E-state index is -0.415. The number of ether oxygens (including phenoxy) is 2. The van der Waals surface area contributed by atoms with Crippen molar-refractivity contribution >= 4 is 11.8 Å². The Labute approximate surface area is 99.8 Å². The third-order valence-corrected chi connectivity index (χ3v) is 3.36. The Bertz CT molecular complexity index is 379. The number of aliphatic hydroxyl groups excluding tert-OH is 1. The minimum Gasteiger partial charge on any atom is -0.454 e. The van der Waals surface area contributed by atoms with E-state index in [1.807, 2.05) is 25.3 Å². The summed E-state index contributed by atoms with van der Waals surface area (Å²) >= 11 is 1.74. The zero-order valence-corrected chi connectivity index (χ0v) is 10.3. The van der Waals surface area contributed by atoms with Gasteiger partial charge < -0.3 is 14.6 Å². The summed E-state index contributed by atoms with van der Waals surface area (Å²) in [5, 5.41) is 10.1. The fourth-order valence-electron chi connectivity index (χ4n) is 1.80. The lowest BCUT2D eigenvalue weighted by Crippen LogP contribution is -2.01. The van der Waals surface area contributed by atoms with Crippen molar-refractivity contribution in [1.29, 1.82) is 0 Å². The van der Waals surface area contributed by atoms with Crippen molar-refractivity contribution in [3.05, 3.63) is 23.3 Å². The van der Waals surface area contributed by atoms with E-state index in [0.29, 0.717) is 0 Å². The van der Waals surface area contributed by atoms with Crippen molar-refractivity contribution in [3.63, 3.8) is 0 Å². The smallest absolute Gasteiger partial charge is 0.231 e. The predicted octanol–water partition coefficient (Wildman–Crippen LogP) is 2.51. The first-order valence-corrected chi connectivity index (χ1v) is 6.69. The Balaban J connectivity index is 2.20. The highest BCUT2D eigenvalue weighted by atomic mass is 32.2. The molecule has 88 valence electrons. The molecule has 0 aliphatic carbocycles. The highest BCUT2D eigenvalue weighted by Gasteiger charge is 2.18. The van der Waals surface area contributed by atoms with Crippen LogP contribution in [0.2, 0.25) is 0 Å². The molecule has 1 aromatic rings. The van der Waals surface area contributed by atoms with Crippen LogP contribution in [0.5, 0.6) is 11.5 Å². The molecule has 0 spiro atoms. The lowest BCUT2D eigenvalue weighted by molar-refractivity contribution is 0.170. The lowest BCUT2D eigenvalue weighted by Gasteiger charge is -2.13. The molecule has 0 saturated carbocycles. The fraction of sp³-hybridized carbons (Fsp3) is 0.500. The van der Waals surface area contributed by atoms with E-state index in [1.165, 1.54) is 0 Å². The molecule has 1 aromatic carbocycles. The number of fused-ring (bicyclic) bond motifs is 1. The van der Waals surface area contributed by atoms with E-state index in [9.17, 15) is 5.11 Å². The Kier molecular flexibility index (Phi) is 3.61. The van der Waals surface area contributed by atoms with Gasteiger partial charge in [-0.3, -0.25) is 0 Å². The molecule has 0 saturated heterocycles. The van der Waals surface area contributed by atoms with Crippen LogP contribution in [0.4, 0.5) is 0 Å². The van der Waals surface area contributed by atoms with Crippen LogP contribution in [0.3, 0.4) is 0 Å². The molecule has 0 radical (unpaired) electrons. The first kappa shape index (κ1) is 11.6. The van der Waals surface area contributed by atoms with Gasteiger partial charge in [0.05, 0.1) is 6.10 Å². The minimum absolute atomic E-state index is 0.277. The average Bonchev–Trinajstić information content (AvgIpc) is 2.71. The number of benzene rings is 1. The quantitative estimate of drug-likeness (QED) is 0.877. The SMILES string of the molecule is CSCCC(O)c1cc2c(cc1C)OCO2. The number of aliphatic hydroxyl groups is 1. The summed E-state index contributed by atoms with van der Waals surface area (Å²) in [5.41, 5.74) is 2.00. The van der Waals surface area contributed by atoms with Gasteiger partial charge in [0.15, 0.2) is 11.5 Å². The van der Waals surface area contributed by atoms with Crippen LogP contribution in [0.1, 0.15) is 23.7 Å². The first-order valence-electron chi connectivity index (χ1n) is 5.29. The molecule has 0 fully saturated rings. The summed E-state index contributed by atoms with van der Waals surface area (Å²) in [6.07, 6.45) is 2.39. The van der Waals surface area contributed by atoms with E-state index in [-0.39, 0.29) is 6.79 Å². The van der Waals surface area contributed by atoms with Crippen LogP contribution in [0, 0.1) is 6.92 Å². The van der Waals surface area contributed by atoms with Crippen molar-refractivity contribution in [1.82, 2.24) is 0 Å². The average molecular weight is 240 g/mol. The first-order chi connectivity index (χ1) is 7.72. The molecule has 3 nitrogen and oxygen atoms in total. The molecule has 0 bridgehead atoms. The molecular formula is C12H16O3S. The lowest BCUT2D eigenvalue weighted by atomic mass is 10.0. The third kappa shape index (κ3) is 2.28. The normalized spacial score (nSPS) is 15.2. The van der Waals surface area contributed by atoms with Crippen molar-refractivity contribution in [3.8, 4) is 11.5 Å². The highest BCUT2D eigenvalue weighted by Crippen LogP contribution is 2.37. The van der Waals surface area contributed by atoms with Gasteiger partial charge in [0, 0.05) is 0 Å². The molecule has 1 aliphatic heterocycles. The number of rotatable bonds is 4. The van der Waals surface area contributed by atoms with Gasteiger partial charge in [-0.15, -0.1) is 0 Å². The summed E-state index contributed by atoms with van der Waals surface area (Å²) in [6, 6.07) is 3.82. The highest BCUT2D eigenvalue weighted by molar-refractivity contribution is 7.98. The van der Waals surface area contributed by atoms with Crippen molar-refractivity contribution in [2.45, 2.75) is 19.4 Å². The summed E-state index contributed by atoms with van der Waals surface area (Å²) in [5.74, 6) is 2.47. The van der Waals surface area contributed by atoms with E-state index in [0.717, 1.165) is 34.8 Å². The summed E-state index contributed by atoms with van der Waals surface area (Å²) in [4.78, 5) is 0. The number of hydrogen-bond acceptors (Lipinski definition) is 4. The summed E-state index contributed by atoms with van der Waals surface area (Å²) < 4.78 is 10.6. The monoisotopic (exact) mass is 240 g/mol. The zero-order valence-electron chi connectivity index (χ0n) is 9.53. The topological polar surface area (TPSA) is 38.7 Å². The molecule has 0 aromatic heterocycles. The van der Waals surface area contributed by atoms with Gasteiger partial charge in [-0.1, -0.05) is 0 Å². The summed E-state index contributed by atoms with van der Waals surface area (Å²) in [6.45, 7) is 2.26. The van der Waals surface area contributed by atoms with E-state index in [1.54, 1.807) is 11.8 Å². The fourth-order valence-corrected chi connectivity index (χ4v) is 2.26. The van der Waals surface area contributed by atoms with Crippen LogP contribution >= 0.6 is 11.8 Å². The van der Waals surface area contributed by atoms with Crippen LogP contribution in [0.25, 0.3) is 0 Å². The third-order valence-electron chi connectivity index (χ3n) is 2.72. The largest absolute Gasteiger partial charge is 0.454 e. The number of thioether (sulfide) groups is 1. The van der Waals surface area contributed by atoms with Crippen molar-refractivity contribution in [2.75, 3.05) is 18.8 Å². The molecule has 1 aliphatic rings. The zero-order chi connectivity index (χ0) is 11.5. The Morgan fingerprint density at radius 2 is 2.06 bits per heavy atom. The standard InChI is InChI=1S/C12H16O3S/c1-8-5-11-12(15-7-14-11)6-9(8)10(13)3-4-16-2/h5-6,10,13H,3-4,7H2,1-2H3. The van der Waals surface area contributed by atoms with Crippen LogP contribution < -0.4 is 9.47 Å².